The summed E-state index contributed by atoms with van der Waals surface area (Å²) in [5, 5.41) is 12.2. The summed E-state index contributed by atoms with van der Waals surface area (Å²) in [6.45, 7) is 4.42. The summed E-state index contributed by atoms with van der Waals surface area (Å²) in [5.74, 6) is -0.282. The van der Waals surface area contributed by atoms with Crippen molar-refractivity contribution in [3.8, 4) is 11.8 Å². The number of nitriles is 1. The highest BCUT2D eigenvalue weighted by atomic mass is 32.2. The van der Waals surface area contributed by atoms with E-state index in [0.29, 0.717) is 17.0 Å². The fourth-order valence-corrected chi connectivity index (χ4v) is 4.79. The molecule has 3 rings (SSSR count). The van der Waals surface area contributed by atoms with Gasteiger partial charge in [0.25, 0.3) is 0 Å². The largest absolute Gasteiger partial charge is 0.489 e. The fraction of sp³-hybridized carbons (Fsp3) is 0.364. The van der Waals surface area contributed by atoms with Crippen molar-refractivity contribution in [3.63, 3.8) is 0 Å². The Morgan fingerprint density at radius 1 is 1.19 bits per heavy atom. The van der Waals surface area contributed by atoms with Gasteiger partial charge in [-0.25, -0.2) is 12.8 Å². The smallest absolute Gasteiger partial charge is 0.243 e. The third-order valence-corrected chi connectivity index (χ3v) is 6.82. The second-order valence-corrected chi connectivity index (χ2v) is 9.52. The van der Waals surface area contributed by atoms with Crippen LogP contribution < -0.4 is 10.1 Å². The maximum Gasteiger partial charge on any atom is 0.243 e. The molecule has 8 nitrogen and oxygen atoms in total. The van der Waals surface area contributed by atoms with Crippen LogP contribution in [0.3, 0.4) is 0 Å². The number of halogens is 1. The van der Waals surface area contributed by atoms with Crippen LogP contribution in [0.2, 0.25) is 0 Å². The average molecular weight is 461 g/mol. The molecule has 10 heteroatoms. The number of rotatable bonds is 7. The Hall–Kier alpha value is -3.16. The third kappa shape index (κ3) is 5.55. The van der Waals surface area contributed by atoms with E-state index in [1.165, 1.54) is 22.5 Å². The number of carbonyl (C=O) groups is 1. The van der Waals surface area contributed by atoms with Crippen molar-refractivity contribution in [1.82, 2.24) is 9.21 Å². The number of sulfonamides is 1. The van der Waals surface area contributed by atoms with Gasteiger partial charge in [-0.2, -0.15) is 9.57 Å². The molecule has 1 heterocycles. The van der Waals surface area contributed by atoms with E-state index in [9.17, 15) is 17.6 Å². The average Bonchev–Trinajstić information content (AvgIpc) is 2.78. The van der Waals surface area contributed by atoms with Gasteiger partial charge in [-0.05, 0) is 50.2 Å². The molecule has 0 aromatic heterocycles. The number of carbonyl (C=O) groups excluding carboxylic acids is 1. The molecule has 1 aliphatic rings. The van der Waals surface area contributed by atoms with Crippen molar-refractivity contribution in [1.29, 1.82) is 5.26 Å². The van der Waals surface area contributed by atoms with Gasteiger partial charge >= 0.3 is 0 Å². The molecule has 0 spiro atoms. The fourth-order valence-electron chi connectivity index (χ4n) is 3.33. The van der Waals surface area contributed by atoms with Crippen molar-refractivity contribution in [2.24, 2.45) is 0 Å². The lowest BCUT2D eigenvalue weighted by atomic mass is 10.2. The molecule has 2 aromatic rings. The Morgan fingerprint density at radius 3 is 2.53 bits per heavy atom. The quantitative estimate of drug-likeness (QED) is 0.681. The van der Waals surface area contributed by atoms with E-state index in [1.54, 1.807) is 23.1 Å². The van der Waals surface area contributed by atoms with Crippen LogP contribution in [0.15, 0.2) is 47.4 Å². The molecule has 170 valence electrons. The van der Waals surface area contributed by atoms with Crippen molar-refractivity contribution in [2.45, 2.75) is 24.8 Å². The molecule has 1 aliphatic heterocycles. The summed E-state index contributed by atoms with van der Waals surface area (Å²) >= 11 is 0. The minimum Gasteiger partial charge on any atom is -0.489 e. The van der Waals surface area contributed by atoms with Crippen molar-refractivity contribution in [2.75, 3.05) is 38.0 Å². The van der Waals surface area contributed by atoms with Gasteiger partial charge in [0, 0.05) is 26.2 Å². The van der Waals surface area contributed by atoms with Crippen molar-refractivity contribution in [3.05, 3.63) is 53.8 Å². The van der Waals surface area contributed by atoms with Crippen LogP contribution in [0.1, 0.15) is 19.4 Å². The first-order valence-corrected chi connectivity index (χ1v) is 11.6. The summed E-state index contributed by atoms with van der Waals surface area (Å²) in [6.07, 6.45) is -0.0766. The van der Waals surface area contributed by atoms with Crippen LogP contribution in [0, 0.1) is 17.1 Å². The number of nitrogens with zero attached hydrogens (tertiary/aromatic N) is 3. The third-order valence-electron chi connectivity index (χ3n) is 4.93. The second kappa shape index (κ2) is 9.97. The standard InChI is InChI=1S/C22H25FN4O4S/c1-16(2)31-21-7-6-17(14-24)12-20(21)25-15-22(28)26-8-10-27(11-9-26)32(29,30)19-5-3-4-18(23)13-19/h3-7,12-13,16,25H,8-11,15H2,1-2H3. The first-order valence-electron chi connectivity index (χ1n) is 10.2. The number of piperazine rings is 1. The van der Waals surface area contributed by atoms with Gasteiger partial charge in [0.05, 0.1) is 34.9 Å². The van der Waals surface area contributed by atoms with E-state index < -0.39 is 15.8 Å². The molecule has 0 unspecified atom stereocenters. The zero-order valence-electron chi connectivity index (χ0n) is 17.9. The van der Waals surface area contributed by atoms with Crippen molar-refractivity contribution < 1.29 is 22.3 Å². The van der Waals surface area contributed by atoms with Gasteiger partial charge in [-0.3, -0.25) is 4.79 Å². The zero-order valence-corrected chi connectivity index (χ0v) is 18.7. The molecule has 0 atom stereocenters. The van der Waals surface area contributed by atoms with Gasteiger partial charge < -0.3 is 15.0 Å². The van der Waals surface area contributed by atoms with Crippen LogP contribution >= 0.6 is 0 Å². The van der Waals surface area contributed by atoms with Crippen LogP contribution in [0.4, 0.5) is 10.1 Å². The number of anilines is 1. The summed E-state index contributed by atoms with van der Waals surface area (Å²) < 4.78 is 45.8. The molecule has 0 radical (unpaired) electrons. The normalized spacial score (nSPS) is 14.8. The van der Waals surface area contributed by atoms with Crippen LogP contribution in [0.25, 0.3) is 0 Å². The highest BCUT2D eigenvalue weighted by molar-refractivity contribution is 7.89. The van der Waals surface area contributed by atoms with Crippen LogP contribution in [-0.2, 0) is 14.8 Å². The maximum absolute atomic E-state index is 13.4. The molecule has 1 saturated heterocycles. The summed E-state index contributed by atoms with van der Waals surface area (Å²) in [6, 6.07) is 11.9. The van der Waals surface area contributed by atoms with E-state index in [-0.39, 0.29) is 49.6 Å². The lowest BCUT2D eigenvalue weighted by molar-refractivity contribution is -0.130. The molecule has 1 fully saturated rings. The first-order chi connectivity index (χ1) is 15.2. The minimum absolute atomic E-state index is 0.0278. The molecule has 1 amide bonds. The number of hydrogen-bond donors (Lipinski definition) is 1. The lowest BCUT2D eigenvalue weighted by Gasteiger charge is -2.34. The summed E-state index contributed by atoms with van der Waals surface area (Å²) in [5.41, 5.74) is 0.977. The predicted octanol–water partition coefficient (Wildman–Crippen LogP) is 2.43. The molecule has 0 bridgehead atoms. The van der Waals surface area contributed by atoms with Gasteiger partial charge in [-0.1, -0.05) is 6.07 Å². The number of hydrogen-bond acceptors (Lipinski definition) is 6. The van der Waals surface area contributed by atoms with Gasteiger partial charge in [0.1, 0.15) is 11.6 Å². The predicted molar refractivity (Wildman–Crippen MR) is 117 cm³/mol. The molecule has 32 heavy (non-hydrogen) atoms. The molecule has 0 aliphatic carbocycles. The van der Waals surface area contributed by atoms with Crippen molar-refractivity contribution >= 4 is 21.6 Å². The minimum atomic E-state index is -3.82. The number of nitrogens with one attached hydrogen (secondary N) is 1. The van der Waals surface area contributed by atoms with Gasteiger partial charge in [0.2, 0.25) is 15.9 Å². The summed E-state index contributed by atoms with van der Waals surface area (Å²) in [4.78, 5) is 14.1. The monoisotopic (exact) mass is 460 g/mol. The van der Waals surface area contributed by atoms with Gasteiger partial charge in [0.15, 0.2) is 0 Å². The van der Waals surface area contributed by atoms with Crippen LogP contribution in [0.5, 0.6) is 5.75 Å². The lowest BCUT2D eigenvalue weighted by Crippen LogP contribution is -2.51. The zero-order chi connectivity index (χ0) is 23.3. The summed E-state index contributed by atoms with van der Waals surface area (Å²) in [7, 11) is -3.82. The Balaban J connectivity index is 1.60. The Labute approximate surface area is 187 Å². The molecular weight excluding hydrogens is 435 g/mol. The number of benzene rings is 2. The highest BCUT2D eigenvalue weighted by Crippen LogP contribution is 2.27. The number of amides is 1. The van der Waals surface area contributed by atoms with E-state index in [1.807, 2.05) is 13.8 Å². The second-order valence-electron chi connectivity index (χ2n) is 7.59. The molecule has 0 saturated carbocycles. The van der Waals surface area contributed by atoms with Gasteiger partial charge in [-0.15, -0.1) is 0 Å². The Kier molecular flexibility index (Phi) is 7.33. The van der Waals surface area contributed by atoms with E-state index >= 15 is 0 Å². The first kappa shape index (κ1) is 23.5. The van der Waals surface area contributed by atoms with E-state index in [0.717, 1.165) is 6.07 Å². The Bertz CT molecular complexity index is 1120. The van der Waals surface area contributed by atoms with Crippen LogP contribution in [-0.4, -0.2) is 62.4 Å². The molecule has 2 aromatic carbocycles. The molecule has 1 N–H and O–H groups in total. The topological polar surface area (TPSA) is 103 Å². The van der Waals surface area contributed by atoms with E-state index in [2.05, 4.69) is 11.4 Å². The Morgan fingerprint density at radius 2 is 1.91 bits per heavy atom. The number of ether oxygens (including phenoxy) is 1. The maximum atomic E-state index is 13.4. The van der Waals surface area contributed by atoms with E-state index in [4.69, 9.17) is 10.00 Å². The molecular formula is C22H25FN4O4S. The SMILES string of the molecule is CC(C)Oc1ccc(C#N)cc1NCC(=O)N1CCN(S(=O)(=O)c2cccc(F)c2)CC1. The highest BCUT2D eigenvalue weighted by Gasteiger charge is 2.30.